The zero-order chi connectivity index (χ0) is 17.3. The number of amides is 2. The Labute approximate surface area is 140 Å². The molecule has 7 nitrogen and oxygen atoms in total. The van der Waals surface area contributed by atoms with Crippen molar-refractivity contribution in [1.82, 2.24) is 19.8 Å². The molecule has 2 amide bonds. The Bertz CT molecular complexity index is 627. The molecule has 1 saturated carbocycles. The molecule has 2 heterocycles. The number of halogens is 1. The molecule has 1 N–H and O–H groups in total. The number of aromatic nitrogens is 2. The van der Waals surface area contributed by atoms with Crippen LogP contribution in [0.4, 0.5) is 4.39 Å². The molecular formula is C16H23FN4O3. The van der Waals surface area contributed by atoms with E-state index in [0.29, 0.717) is 50.6 Å². The van der Waals surface area contributed by atoms with Crippen molar-refractivity contribution in [3.8, 4) is 0 Å². The molecule has 1 atom stereocenters. The molecule has 1 aromatic rings. The third-order valence-electron chi connectivity index (χ3n) is 4.77. The van der Waals surface area contributed by atoms with E-state index in [1.165, 1.54) is 0 Å². The van der Waals surface area contributed by atoms with Crippen molar-refractivity contribution in [1.29, 1.82) is 0 Å². The summed E-state index contributed by atoms with van der Waals surface area (Å²) in [7, 11) is 1.57. The number of rotatable bonds is 5. The zero-order valence-electron chi connectivity index (χ0n) is 14.0. The normalized spacial score (nSPS) is 25.8. The van der Waals surface area contributed by atoms with Gasteiger partial charge in [-0.1, -0.05) is 0 Å². The zero-order valence-corrected chi connectivity index (χ0v) is 14.0. The first kappa shape index (κ1) is 16.9. The van der Waals surface area contributed by atoms with Crippen LogP contribution in [0.5, 0.6) is 0 Å². The van der Waals surface area contributed by atoms with Crippen LogP contribution in [0.3, 0.4) is 0 Å². The smallest absolute Gasteiger partial charge is 0.271 e. The summed E-state index contributed by atoms with van der Waals surface area (Å²) >= 11 is 0. The quantitative estimate of drug-likeness (QED) is 0.810. The molecule has 1 aliphatic carbocycles. The number of ether oxygens (including phenoxy) is 1. The Morgan fingerprint density at radius 3 is 2.83 bits per heavy atom. The Balaban J connectivity index is 1.68. The van der Waals surface area contributed by atoms with Crippen LogP contribution in [0.1, 0.15) is 42.1 Å². The molecule has 2 aliphatic rings. The summed E-state index contributed by atoms with van der Waals surface area (Å²) in [6.45, 7) is 3.91. The Kier molecular flexibility index (Phi) is 4.84. The maximum atomic E-state index is 13.0. The fraction of sp³-hybridized carbons (Fsp3) is 0.688. The van der Waals surface area contributed by atoms with Crippen LogP contribution in [-0.2, 0) is 16.1 Å². The summed E-state index contributed by atoms with van der Waals surface area (Å²) in [6, 6.07) is -0.217. The number of hydrogen-bond acceptors (Lipinski definition) is 4. The minimum absolute atomic E-state index is 0.00301. The highest BCUT2D eigenvalue weighted by Gasteiger charge is 2.40. The van der Waals surface area contributed by atoms with E-state index in [2.05, 4.69) is 10.3 Å². The second kappa shape index (κ2) is 6.88. The molecule has 0 aromatic carbocycles. The first-order chi connectivity index (χ1) is 11.5. The summed E-state index contributed by atoms with van der Waals surface area (Å²) in [6.07, 6.45) is 1.52. The highest BCUT2D eigenvalue weighted by Crippen LogP contribution is 2.35. The van der Waals surface area contributed by atoms with Gasteiger partial charge < -0.3 is 19.5 Å². The average Bonchev–Trinajstić information content (AvgIpc) is 2.97. The highest BCUT2D eigenvalue weighted by atomic mass is 19.1. The van der Waals surface area contributed by atoms with Crippen molar-refractivity contribution >= 4 is 11.8 Å². The minimum Gasteiger partial charge on any atom is -0.383 e. The molecular weight excluding hydrogens is 315 g/mol. The van der Waals surface area contributed by atoms with Crippen molar-refractivity contribution in [3.05, 3.63) is 17.7 Å². The van der Waals surface area contributed by atoms with Gasteiger partial charge in [-0.3, -0.25) is 9.59 Å². The molecule has 8 heteroatoms. The minimum atomic E-state index is -0.844. The van der Waals surface area contributed by atoms with Gasteiger partial charge in [0.05, 0.1) is 12.6 Å². The molecule has 0 radical (unpaired) electrons. The van der Waals surface area contributed by atoms with E-state index >= 15 is 0 Å². The lowest BCUT2D eigenvalue weighted by Gasteiger charge is -2.39. The second-order valence-electron chi connectivity index (χ2n) is 6.40. The SMILES string of the molecule is COCCNC(=O)c1cn2c(n1)[C@H](C)N(C(=O)C1CC(F)C1)CC2. The van der Waals surface area contributed by atoms with Crippen LogP contribution in [0, 0.1) is 5.92 Å². The van der Waals surface area contributed by atoms with Gasteiger partial charge in [0, 0.05) is 38.9 Å². The monoisotopic (exact) mass is 338 g/mol. The predicted octanol–water partition coefficient (Wildman–Crippen LogP) is 0.911. The van der Waals surface area contributed by atoms with Crippen LogP contribution in [0.2, 0.25) is 0 Å². The number of fused-ring (bicyclic) bond motifs is 1. The van der Waals surface area contributed by atoms with Crippen LogP contribution >= 0.6 is 0 Å². The largest absolute Gasteiger partial charge is 0.383 e. The van der Waals surface area contributed by atoms with Gasteiger partial charge in [-0.2, -0.15) is 0 Å². The number of nitrogens with one attached hydrogen (secondary N) is 1. The molecule has 0 unspecified atom stereocenters. The van der Waals surface area contributed by atoms with Gasteiger partial charge >= 0.3 is 0 Å². The summed E-state index contributed by atoms with van der Waals surface area (Å²) in [5.41, 5.74) is 0.342. The van der Waals surface area contributed by atoms with Gasteiger partial charge in [-0.05, 0) is 19.8 Å². The van der Waals surface area contributed by atoms with E-state index in [4.69, 9.17) is 4.74 Å². The van der Waals surface area contributed by atoms with Crippen LogP contribution in [0.25, 0.3) is 0 Å². The van der Waals surface area contributed by atoms with Gasteiger partial charge in [0.2, 0.25) is 5.91 Å². The summed E-state index contributed by atoms with van der Waals surface area (Å²) in [5.74, 6) is 0.235. The molecule has 132 valence electrons. The topological polar surface area (TPSA) is 76.5 Å². The second-order valence-corrected chi connectivity index (χ2v) is 6.40. The third-order valence-corrected chi connectivity index (χ3v) is 4.77. The highest BCUT2D eigenvalue weighted by molar-refractivity contribution is 5.92. The van der Waals surface area contributed by atoms with E-state index < -0.39 is 6.17 Å². The number of methoxy groups -OCH3 is 1. The fourth-order valence-electron chi connectivity index (χ4n) is 3.24. The predicted molar refractivity (Wildman–Crippen MR) is 84.2 cm³/mol. The average molecular weight is 338 g/mol. The van der Waals surface area contributed by atoms with Gasteiger partial charge in [-0.25, -0.2) is 9.37 Å². The Morgan fingerprint density at radius 1 is 1.42 bits per heavy atom. The first-order valence-corrected chi connectivity index (χ1v) is 8.30. The van der Waals surface area contributed by atoms with E-state index in [1.807, 2.05) is 11.5 Å². The molecule has 1 fully saturated rings. The van der Waals surface area contributed by atoms with Crippen LogP contribution in [-0.4, -0.2) is 59.2 Å². The lowest BCUT2D eigenvalue weighted by atomic mass is 9.82. The number of carbonyl (C=O) groups excluding carboxylic acids is 2. The van der Waals surface area contributed by atoms with E-state index in [9.17, 15) is 14.0 Å². The maximum absolute atomic E-state index is 13.0. The number of hydrogen-bond donors (Lipinski definition) is 1. The van der Waals surface area contributed by atoms with Gasteiger partial charge in [-0.15, -0.1) is 0 Å². The van der Waals surface area contributed by atoms with E-state index in [1.54, 1.807) is 18.2 Å². The molecule has 0 bridgehead atoms. The molecule has 0 saturated heterocycles. The third kappa shape index (κ3) is 3.15. The van der Waals surface area contributed by atoms with Crippen LogP contribution in [0.15, 0.2) is 6.20 Å². The van der Waals surface area contributed by atoms with Crippen molar-refractivity contribution in [3.63, 3.8) is 0 Å². The number of alkyl halides is 1. The molecule has 24 heavy (non-hydrogen) atoms. The summed E-state index contributed by atoms with van der Waals surface area (Å²) in [4.78, 5) is 30.7. The number of nitrogens with zero attached hydrogens (tertiary/aromatic N) is 3. The number of carbonyl (C=O) groups is 2. The Hall–Kier alpha value is -1.96. The first-order valence-electron chi connectivity index (χ1n) is 8.30. The summed E-state index contributed by atoms with van der Waals surface area (Å²) in [5, 5.41) is 2.74. The van der Waals surface area contributed by atoms with Gasteiger partial charge in [0.1, 0.15) is 17.7 Å². The van der Waals surface area contributed by atoms with E-state index in [-0.39, 0.29) is 23.8 Å². The standard InChI is InChI=1S/C16H23FN4O3/c1-10-14-19-13(15(22)18-3-6-24-2)9-20(14)4-5-21(10)16(23)11-7-12(17)8-11/h9-12H,3-8H2,1-2H3,(H,18,22)/t10-,11?,12?/m0/s1. The number of imidazole rings is 1. The molecule has 3 rings (SSSR count). The lowest BCUT2D eigenvalue weighted by molar-refractivity contribution is -0.143. The van der Waals surface area contributed by atoms with Crippen LogP contribution < -0.4 is 5.32 Å². The maximum Gasteiger partial charge on any atom is 0.271 e. The summed E-state index contributed by atoms with van der Waals surface area (Å²) < 4.78 is 19.8. The Morgan fingerprint density at radius 2 is 2.17 bits per heavy atom. The molecule has 0 spiro atoms. The lowest BCUT2D eigenvalue weighted by Crippen LogP contribution is -2.47. The van der Waals surface area contributed by atoms with Crippen molar-refractivity contribution in [2.24, 2.45) is 5.92 Å². The van der Waals surface area contributed by atoms with Crippen molar-refractivity contribution in [2.45, 2.75) is 38.5 Å². The molecule has 1 aliphatic heterocycles. The fourth-order valence-corrected chi connectivity index (χ4v) is 3.24. The van der Waals surface area contributed by atoms with Crippen molar-refractivity contribution < 1.29 is 18.7 Å². The van der Waals surface area contributed by atoms with Crippen molar-refractivity contribution in [2.75, 3.05) is 26.8 Å². The van der Waals surface area contributed by atoms with E-state index in [0.717, 1.165) is 0 Å². The molecule has 1 aromatic heterocycles. The van der Waals surface area contributed by atoms with Gasteiger partial charge in [0.15, 0.2) is 0 Å². The van der Waals surface area contributed by atoms with Gasteiger partial charge in [0.25, 0.3) is 5.91 Å².